The van der Waals surface area contributed by atoms with Gasteiger partial charge in [0.15, 0.2) is 0 Å². The number of nitrogens with zero attached hydrogens (tertiary/aromatic N) is 8. The molecule has 0 radical (unpaired) electrons. The molecule has 74 heavy (non-hydrogen) atoms. The maximum absolute atomic E-state index is 13.7. The molecular formula is C53H68F2N12O6S. The molecule has 2 saturated heterocycles. The number of sulfone groups is 1. The summed E-state index contributed by atoms with van der Waals surface area (Å²) in [5.41, 5.74) is 21.4. The van der Waals surface area contributed by atoms with Crippen LogP contribution in [0, 0.1) is 11.6 Å². The van der Waals surface area contributed by atoms with E-state index in [1.807, 2.05) is 24.3 Å². The maximum Gasteiger partial charge on any atom is 0.249 e. The first-order chi connectivity index (χ1) is 34.8. The zero-order chi connectivity index (χ0) is 53.0. The minimum Gasteiger partial charge on any atom is -0.496 e. The molecule has 0 spiro atoms. The van der Waals surface area contributed by atoms with Crippen LogP contribution in [-0.2, 0) is 9.84 Å². The number of nitrogens with one attached hydrogen (secondary N) is 1. The molecule has 18 nitrogen and oxygen atoms in total. The highest BCUT2D eigenvalue weighted by Gasteiger charge is 2.25. The third-order valence-corrected chi connectivity index (χ3v) is 13.9. The molecule has 2 aliphatic rings. The zero-order valence-corrected chi connectivity index (χ0v) is 43.0. The van der Waals surface area contributed by atoms with E-state index in [0.717, 1.165) is 88.1 Å². The van der Waals surface area contributed by atoms with Crippen LogP contribution in [0.5, 0.6) is 11.5 Å². The molecule has 6 aromatic rings. The number of methoxy groups -OCH3 is 2. The minimum absolute atomic E-state index is 0. The van der Waals surface area contributed by atoms with Crippen LogP contribution < -0.4 is 41.8 Å². The van der Waals surface area contributed by atoms with Crippen molar-refractivity contribution < 1.29 is 36.3 Å². The largest absolute Gasteiger partial charge is 0.496 e. The van der Waals surface area contributed by atoms with Crippen LogP contribution in [0.15, 0.2) is 102 Å². The zero-order valence-electron chi connectivity index (χ0n) is 42.2. The summed E-state index contributed by atoms with van der Waals surface area (Å²) in [6.07, 6.45) is 2.34. The molecule has 0 atom stereocenters. The number of nitrogen functional groups attached to an aromatic ring is 3. The number of carbonyl (C=O) groups is 2. The van der Waals surface area contributed by atoms with Crippen LogP contribution in [0.4, 0.5) is 49.1 Å². The fourth-order valence-electron chi connectivity index (χ4n) is 8.03. The van der Waals surface area contributed by atoms with Crippen molar-refractivity contribution >= 4 is 61.7 Å². The Hall–Kier alpha value is -7.49. The van der Waals surface area contributed by atoms with Gasteiger partial charge in [-0.3, -0.25) is 19.4 Å². The van der Waals surface area contributed by atoms with Gasteiger partial charge < -0.3 is 41.8 Å². The van der Waals surface area contributed by atoms with E-state index in [2.05, 4.69) is 96.8 Å². The van der Waals surface area contributed by atoms with Crippen molar-refractivity contribution in [2.45, 2.75) is 59.3 Å². The van der Waals surface area contributed by atoms with Crippen molar-refractivity contribution in [3.63, 3.8) is 0 Å². The van der Waals surface area contributed by atoms with E-state index in [0.29, 0.717) is 12.1 Å². The molecule has 2 aliphatic heterocycles. The van der Waals surface area contributed by atoms with E-state index in [9.17, 15) is 26.8 Å². The first-order valence-electron chi connectivity index (χ1n) is 23.8. The van der Waals surface area contributed by atoms with Gasteiger partial charge in [0.25, 0.3) is 0 Å². The van der Waals surface area contributed by atoms with Gasteiger partial charge in [-0.05, 0) is 113 Å². The van der Waals surface area contributed by atoms with Crippen molar-refractivity contribution in [3.8, 4) is 11.5 Å². The smallest absolute Gasteiger partial charge is 0.249 e. The molecule has 396 valence electrons. The molecule has 0 saturated carbocycles. The second-order valence-electron chi connectivity index (χ2n) is 17.7. The third kappa shape index (κ3) is 14.6. The quantitative estimate of drug-likeness (QED) is 0.0473. The van der Waals surface area contributed by atoms with Crippen LogP contribution in [0.3, 0.4) is 0 Å². The van der Waals surface area contributed by atoms with Crippen LogP contribution in [-0.4, -0.2) is 134 Å². The standard InChI is InChI=1S/C25H29FN6O2.C14H14FN3O4S.C13H21N3.CH4/c1-16(2)31-10-12-32(13-11-31)19-7-5-18(6-8-19)29-25-28-15-21(24(27)30-25)23(33)20-14-17(26)4-9-22(20)34-3;1-3-23(20,21)14-17-7-10(13(16)18-14)12(19)9-6-8(15)4-5-11(9)22-2;1-11(2)15-7-9-16(10-8-15)13-5-3-12(14)4-6-13;/h4-9,14-16H,10-13H2,1-3H3,(H3,27,28,29,30);4-7H,3H2,1-2H3,(H2,16,17,18);3-6,11H,7-10,14H2,1-2H3;1H4. The van der Waals surface area contributed by atoms with E-state index in [1.54, 1.807) is 0 Å². The topological polar surface area (TPSA) is 241 Å². The number of benzene rings is 4. The molecule has 0 amide bonds. The second kappa shape index (κ2) is 25.9. The molecule has 0 aliphatic carbocycles. The number of aromatic nitrogens is 4. The Balaban J connectivity index is 0.000000220. The van der Waals surface area contributed by atoms with Crippen molar-refractivity contribution in [3.05, 3.63) is 131 Å². The van der Waals surface area contributed by atoms with E-state index in [4.69, 9.17) is 26.7 Å². The van der Waals surface area contributed by atoms with Gasteiger partial charge in [0.2, 0.25) is 32.5 Å². The number of hydrogen-bond acceptors (Lipinski definition) is 18. The number of nitrogens with two attached hydrogens (primary N) is 3. The number of piperazine rings is 2. The minimum atomic E-state index is -3.65. The Kier molecular flexibility index (Phi) is 20.1. The van der Waals surface area contributed by atoms with Gasteiger partial charge in [-0.15, -0.1) is 0 Å². The van der Waals surface area contributed by atoms with Gasteiger partial charge in [0, 0.05) is 99.6 Å². The number of anilines is 7. The fraction of sp³-hybridized carbons (Fsp3) is 0.358. The highest BCUT2D eigenvalue weighted by atomic mass is 32.2. The molecule has 0 bridgehead atoms. The monoisotopic (exact) mass is 1040 g/mol. The maximum atomic E-state index is 13.7. The molecule has 21 heteroatoms. The average Bonchev–Trinajstić information content (AvgIpc) is 3.39. The van der Waals surface area contributed by atoms with E-state index in [-0.39, 0.29) is 64.5 Å². The van der Waals surface area contributed by atoms with Gasteiger partial charge in [-0.1, -0.05) is 14.4 Å². The van der Waals surface area contributed by atoms with Crippen LogP contribution in [0.2, 0.25) is 0 Å². The molecule has 0 unspecified atom stereocenters. The Morgan fingerprint density at radius 3 is 1.43 bits per heavy atom. The summed E-state index contributed by atoms with van der Waals surface area (Å²) in [7, 11) is -0.901. The molecule has 4 aromatic carbocycles. The predicted molar refractivity (Wildman–Crippen MR) is 289 cm³/mol. The first kappa shape index (κ1) is 57.4. The Labute approximate surface area is 432 Å². The normalized spacial score (nSPS) is 14.0. The second-order valence-corrected chi connectivity index (χ2v) is 19.9. The summed E-state index contributed by atoms with van der Waals surface area (Å²) in [5, 5.41) is 2.65. The van der Waals surface area contributed by atoms with Gasteiger partial charge >= 0.3 is 0 Å². The summed E-state index contributed by atoms with van der Waals surface area (Å²) < 4.78 is 60.7. The molecule has 2 fully saturated rings. The summed E-state index contributed by atoms with van der Waals surface area (Å²) in [6.45, 7) is 19.1. The Morgan fingerprint density at radius 2 is 1.04 bits per heavy atom. The van der Waals surface area contributed by atoms with Crippen molar-refractivity contribution in [1.82, 2.24) is 29.7 Å². The van der Waals surface area contributed by atoms with Crippen molar-refractivity contribution in [2.75, 3.05) is 105 Å². The SMILES string of the molecule is C.CC(C)N1CCN(c2ccc(N)cc2)CC1.CCS(=O)(=O)c1ncc(C(=O)c2cc(F)ccc2OC)c(N)n1.COc1ccc(F)cc1C(=O)c1cnc(Nc2ccc(N3CCN(C(C)C)CC3)cc2)nc1N. The number of ether oxygens (including phenoxy) is 2. The molecule has 4 heterocycles. The molecule has 2 aromatic heterocycles. The molecular weight excluding hydrogens is 971 g/mol. The third-order valence-electron chi connectivity index (χ3n) is 12.4. The number of carbonyl (C=O) groups excluding carboxylic acids is 2. The summed E-state index contributed by atoms with van der Waals surface area (Å²) >= 11 is 0. The Morgan fingerprint density at radius 1 is 0.622 bits per heavy atom. The lowest BCUT2D eigenvalue weighted by molar-refractivity contribution is 0.102. The van der Waals surface area contributed by atoms with Gasteiger partial charge in [-0.2, -0.15) is 4.98 Å². The number of ketones is 2. The van der Waals surface area contributed by atoms with Crippen LogP contribution in [0.25, 0.3) is 0 Å². The number of rotatable bonds is 14. The summed E-state index contributed by atoms with van der Waals surface area (Å²) in [5.74, 6) is -2.19. The highest BCUT2D eigenvalue weighted by molar-refractivity contribution is 7.91. The van der Waals surface area contributed by atoms with Crippen molar-refractivity contribution in [2.24, 2.45) is 0 Å². The summed E-state index contributed by atoms with van der Waals surface area (Å²) in [6, 6.07) is 24.6. The molecule has 7 N–H and O–H groups in total. The van der Waals surface area contributed by atoms with Crippen LogP contribution >= 0.6 is 0 Å². The first-order valence-corrected chi connectivity index (χ1v) is 25.4. The lowest BCUT2D eigenvalue weighted by Crippen LogP contribution is -2.48. The average molecular weight is 1040 g/mol. The fourth-order valence-corrected chi connectivity index (χ4v) is 8.74. The van der Waals surface area contributed by atoms with E-state index in [1.165, 1.54) is 56.9 Å². The lowest BCUT2D eigenvalue weighted by atomic mass is 10.0. The van der Waals surface area contributed by atoms with Crippen LogP contribution in [0.1, 0.15) is 73.9 Å². The van der Waals surface area contributed by atoms with Crippen molar-refractivity contribution in [1.29, 1.82) is 0 Å². The lowest BCUT2D eigenvalue weighted by Gasteiger charge is -2.38. The number of halogens is 2. The van der Waals surface area contributed by atoms with Gasteiger partial charge in [0.1, 0.15) is 34.8 Å². The number of hydrogen-bond donors (Lipinski definition) is 4. The van der Waals surface area contributed by atoms with Gasteiger partial charge in [-0.25, -0.2) is 32.2 Å². The van der Waals surface area contributed by atoms with E-state index >= 15 is 0 Å². The van der Waals surface area contributed by atoms with E-state index < -0.39 is 38.2 Å². The predicted octanol–water partition coefficient (Wildman–Crippen LogP) is 7.38. The molecule has 8 rings (SSSR count). The highest BCUT2D eigenvalue weighted by Crippen LogP contribution is 2.28. The van der Waals surface area contributed by atoms with Gasteiger partial charge in [0.05, 0.1) is 42.2 Å². The Bertz CT molecular complexity index is 2950. The summed E-state index contributed by atoms with van der Waals surface area (Å²) in [4.78, 5) is 50.9.